The van der Waals surface area contributed by atoms with Gasteiger partial charge in [0.1, 0.15) is 5.82 Å². The molecular weight excluding hydrogens is 324 g/mol. The highest BCUT2D eigenvalue weighted by Gasteiger charge is 2.13. The Morgan fingerprint density at radius 1 is 1.35 bits per heavy atom. The first-order valence-electron chi connectivity index (χ1n) is 5.98. The van der Waals surface area contributed by atoms with Crippen LogP contribution in [-0.2, 0) is 13.1 Å². The molecule has 0 saturated carbocycles. The summed E-state index contributed by atoms with van der Waals surface area (Å²) in [6.45, 7) is 2.76. The van der Waals surface area contributed by atoms with E-state index in [2.05, 4.69) is 31.2 Å². The average molecular weight is 337 g/mol. The van der Waals surface area contributed by atoms with Crippen LogP contribution in [0.15, 0.2) is 34.9 Å². The van der Waals surface area contributed by atoms with E-state index in [1.807, 2.05) is 13.0 Å². The van der Waals surface area contributed by atoms with Gasteiger partial charge in [-0.1, -0.05) is 15.9 Å². The van der Waals surface area contributed by atoms with Crippen molar-refractivity contribution in [1.29, 1.82) is 0 Å². The first kappa shape index (κ1) is 14.5. The van der Waals surface area contributed by atoms with Gasteiger partial charge >= 0.3 is 0 Å². The highest BCUT2D eigenvalue weighted by atomic mass is 79.9. The van der Waals surface area contributed by atoms with Gasteiger partial charge in [0.25, 0.3) is 5.69 Å². The van der Waals surface area contributed by atoms with Gasteiger partial charge in [-0.25, -0.2) is 9.97 Å². The van der Waals surface area contributed by atoms with Crippen molar-refractivity contribution in [3.63, 3.8) is 0 Å². The maximum atomic E-state index is 11.0. The number of halogens is 1. The van der Waals surface area contributed by atoms with Crippen molar-refractivity contribution in [2.75, 3.05) is 0 Å². The van der Waals surface area contributed by atoms with E-state index < -0.39 is 0 Å². The number of nitro benzene ring substituents is 1. The van der Waals surface area contributed by atoms with E-state index in [-0.39, 0.29) is 10.6 Å². The standard InChI is InChI=1S/C13H13BrN4O2/c1-9-16-5-4-12(17-9)8-15-7-10-6-11(14)2-3-13(10)18(19)20/h2-6,15H,7-8H2,1H3. The average Bonchev–Trinajstić information content (AvgIpc) is 2.38. The molecule has 7 heteroatoms. The minimum Gasteiger partial charge on any atom is -0.307 e. The van der Waals surface area contributed by atoms with E-state index in [1.165, 1.54) is 6.07 Å². The second-order valence-electron chi connectivity index (χ2n) is 4.23. The van der Waals surface area contributed by atoms with Gasteiger partial charge in [-0.2, -0.15) is 0 Å². The number of rotatable bonds is 5. The quantitative estimate of drug-likeness (QED) is 0.670. The molecule has 1 heterocycles. The molecule has 0 radical (unpaired) electrons. The van der Waals surface area contributed by atoms with Crippen LogP contribution in [0.4, 0.5) is 5.69 Å². The Balaban J connectivity index is 2.04. The third kappa shape index (κ3) is 3.82. The molecule has 20 heavy (non-hydrogen) atoms. The van der Waals surface area contributed by atoms with Crippen molar-refractivity contribution in [1.82, 2.24) is 15.3 Å². The number of aromatic nitrogens is 2. The lowest BCUT2D eigenvalue weighted by molar-refractivity contribution is -0.385. The Labute approximate surface area is 124 Å². The predicted octanol–water partition coefficient (Wildman–Crippen LogP) is 2.75. The summed E-state index contributed by atoms with van der Waals surface area (Å²) in [6.07, 6.45) is 1.70. The number of hydrogen-bond acceptors (Lipinski definition) is 5. The molecule has 0 amide bonds. The minimum absolute atomic E-state index is 0.111. The van der Waals surface area contributed by atoms with Crippen molar-refractivity contribution in [2.24, 2.45) is 0 Å². The lowest BCUT2D eigenvalue weighted by atomic mass is 10.2. The van der Waals surface area contributed by atoms with Crippen LogP contribution >= 0.6 is 15.9 Å². The van der Waals surface area contributed by atoms with Crippen molar-refractivity contribution < 1.29 is 4.92 Å². The molecule has 2 rings (SSSR count). The molecule has 0 unspecified atom stereocenters. The molecule has 6 nitrogen and oxygen atoms in total. The molecule has 0 spiro atoms. The fraction of sp³-hybridized carbons (Fsp3) is 0.231. The number of benzene rings is 1. The summed E-state index contributed by atoms with van der Waals surface area (Å²) in [6, 6.07) is 6.72. The summed E-state index contributed by atoms with van der Waals surface area (Å²) in [5.41, 5.74) is 1.60. The number of aryl methyl sites for hydroxylation is 1. The Kier molecular flexibility index (Phi) is 4.75. The van der Waals surface area contributed by atoms with Crippen molar-refractivity contribution in [2.45, 2.75) is 20.0 Å². The molecule has 0 aliphatic rings. The lowest BCUT2D eigenvalue weighted by Crippen LogP contribution is -2.15. The van der Waals surface area contributed by atoms with Crippen molar-refractivity contribution >= 4 is 21.6 Å². The fourth-order valence-electron chi connectivity index (χ4n) is 1.80. The number of nitrogens with one attached hydrogen (secondary N) is 1. The van der Waals surface area contributed by atoms with Gasteiger partial charge < -0.3 is 5.32 Å². The summed E-state index contributed by atoms with van der Waals surface area (Å²) < 4.78 is 0.817. The van der Waals surface area contributed by atoms with Crippen LogP contribution in [-0.4, -0.2) is 14.9 Å². The zero-order valence-corrected chi connectivity index (χ0v) is 12.4. The number of hydrogen-bond donors (Lipinski definition) is 1. The Morgan fingerprint density at radius 2 is 2.15 bits per heavy atom. The number of nitro groups is 1. The first-order valence-corrected chi connectivity index (χ1v) is 6.77. The van der Waals surface area contributed by atoms with E-state index in [1.54, 1.807) is 18.3 Å². The molecule has 0 fully saturated rings. The van der Waals surface area contributed by atoms with Gasteiger partial charge in [0.2, 0.25) is 0 Å². The van der Waals surface area contributed by atoms with Crippen LogP contribution < -0.4 is 5.32 Å². The van der Waals surface area contributed by atoms with E-state index >= 15 is 0 Å². The Bertz CT molecular complexity index is 634. The van der Waals surface area contributed by atoms with E-state index in [0.717, 1.165) is 10.2 Å². The van der Waals surface area contributed by atoms with Gasteiger partial charge in [-0.15, -0.1) is 0 Å². The van der Waals surface area contributed by atoms with Gasteiger partial charge in [-0.3, -0.25) is 10.1 Å². The van der Waals surface area contributed by atoms with Crippen LogP contribution in [0.1, 0.15) is 17.1 Å². The third-order valence-corrected chi connectivity index (χ3v) is 3.19. The first-order chi connectivity index (χ1) is 9.56. The van der Waals surface area contributed by atoms with Crippen LogP contribution in [0, 0.1) is 17.0 Å². The highest BCUT2D eigenvalue weighted by molar-refractivity contribution is 9.10. The maximum Gasteiger partial charge on any atom is 0.273 e. The summed E-state index contributed by atoms with van der Waals surface area (Å²) >= 11 is 3.32. The zero-order valence-electron chi connectivity index (χ0n) is 10.8. The molecule has 1 N–H and O–H groups in total. The topological polar surface area (TPSA) is 81.0 Å². The molecule has 0 aliphatic carbocycles. The molecule has 0 atom stereocenters. The highest BCUT2D eigenvalue weighted by Crippen LogP contribution is 2.22. The fourth-order valence-corrected chi connectivity index (χ4v) is 2.21. The molecular formula is C13H13BrN4O2. The van der Waals surface area contributed by atoms with Gasteiger partial charge in [0, 0.05) is 35.4 Å². The van der Waals surface area contributed by atoms with Gasteiger partial charge in [-0.05, 0) is 25.1 Å². The maximum absolute atomic E-state index is 11.0. The molecule has 2 aromatic rings. The van der Waals surface area contributed by atoms with E-state index in [0.29, 0.717) is 24.5 Å². The minimum atomic E-state index is -0.377. The summed E-state index contributed by atoms with van der Waals surface area (Å²) in [5, 5.41) is 14.1. The lowest BCUT2D eigenvalue weighted by Gasteiger charge is -2.06. The zero-order chi connectivity index (χ0) is 14.5. The molecule has 0 saturated heterocycles. The Hall–Kier alpha value is -1.86. The van der Waals surface area contributed by atoms with E-state index in [4.69, 9.17) is 0 Å². The normalized spacial score (nSPS) is 10.5. The molecule has 1 aromatic carbocycles. The molecule has 1 aromatic heterocycles. The molecule has 0 aliphatic heterocycles. The smallest absolute Gasteiger partial charge is 0.273 e. The largest absolute Gasteiger partial charge is 0.307 e. The molecule has 104 valence electrons. The second-order valence-corrected chi connectivity index (χ2v) is 5.14. The summed E-state index contributed by atoms with van der Waals surface area (Å²) in [7, 11) is 0. The second kappa shape index (κ2) is 6.53. The predicted molar refractivity (Wildman–Crippen MR) is 78.1 cm³/mol. The Morgan fingerprint density at radius 3 is 2.85 bits per heavy atom. The van der Waals surface area contributed by atoms with Crippen molar-refractivity contribution in [3.8, 4) is 0 Å². The monoisotopic (exact) mass is 336 g/mol. The van der Waals surface area contributed by atoms with E-state index in [9.17, 15) is 10.1 Å². The molecule has 0 bridgehead atoms. The van der Waals surface area contributed by atoms with Gasteiger partial charge in [0.05, 0.1) is 10.6 Å². The van der Waals surface area contributed by atoms with Crippen LogP contribution in [0.25, 0.3) is 0 Å². The van der Waals surface area contributed by atoms with Crippen molar-refractivity contribution in [3.05, 3.63) is 62.1 Å². The third-order valence-electron chi connectivity index (χ3n) is 2.69. The summed E-state index contributed by atoms with van der Waals surface area (Å²) in [5.74, 6) is 0.706. The SMILES string of the molecule is Cc1nccc(CNCc2cc(Br)ccc2[N+](=O)[O-])n1. The number of nitrogens with zero attached hydrogens (tertiary/aromatic N) is 3. The van der Waals surface area contributed by atoms with Crippen LogP contribution in [0.2, 0.25) is 0 Å². The van der Waals surface area contributed by atoms with Crippen LogP contribution in [0.3, 0.4) is 0 Å². The van der Waals surface area contributed by atoms with Crippen LogP contribution in [0.5, 0.6) is 0 Å². The summed E-state index contributed by atoms with van der Waals surface area (Å²) in [4.78, 5) is 18.9. The van der Waals surface area contributed by atoms with Gasteiger partial charge in [0.15, 0.2) is 0 Å².